The van der Waals surface area contributed by atoms with Gasteiger partial charge in [0.05, 0.1) is 30.0 Å². The molecule has 1 aromatic carbocycles. The van der Waals surface area contributed by atoms with E-state index < -0.39 is 5.91 Å². The fourth-order valence-corrected chi connectivity index (χ4v) is 4.49. The molecule has 2 N–H and O–H groups in total. The largest absolute Gasteiger partial charge is 0.372 e. The third kappa shape index (κ3) is 5.65. The third-order valence-corrected chi connectivity index (χ3v) is 5.94. The van der Waals surface area contributed by atoms with Crippen LogP contribution in [-0.2, 0) is 14.3 Å². The van der Waals surface area contributed by atoms with Crippen LogP contribution in [-0.4, -0.2) is 59.6 Å². The molecule has 0 saturated carbocycles. The lowest BCUT2D eigenvalue weighted by atomic mass is 10.1. The molecule has 3 aromatic rings. The van der Waals surface area contributed by atoms with Gasteiger partial charge in [0.25, 0.3) is 5.91 Å². The average molecular weight is 468 g/mol. The summed E-state index contributed by atoms with van der Waals surface area (Å²) in [6, 6.07) is 9.66. The number of carbonyl (C=O) groups excluding carboxylic acids is 3. The molecule has 10 heteroatoms. The molecule has 0 spiro atoms. The number of aromatic nitrogens is 2. The predicted octanol–water partition coefficient (Wildman–Crippen LogP) is 2.63. The summed E-state index contributed by atoms with van der Waals surface area (Å²) >= 11 is 1.32. The summed E-state index contributed by atoms with van der Waals surface area (Å²) in [5.41, 5.74) is 3.14. The summed E-state index contributed by atoms with van der Waals surface area (Å²) in [5, 5.41) is 7.58. The Labute approximate surface area is 195 Å². The minimum atomic E-state index is -0.436. The van der Waals surface area contributed by atoms with Gasteiger partial charge in [-0.2, -0.15) is 0 Å². The molecule has 0 aliphatic carbocycles. The van der Waals surface area contributed by atoms with Crippen molar-refractivity contribution in [2.75, 3.05) is 29.9 Å². The Morgan fingerprint density at radius 3 is 2.76 bits per heavy atom. The van der Waals surface area contributed by atoms with Crippen LogP contribution in [0.25, 0.3) is 11.3 Å². The number of ether oxygens (including phenoxy) is 1. The first kappa shape index (κ1) is 22.7. The third-order valence-electron chi connectivity index (χ3n) is 5.19. The molecule has 4 rings (SSSR count). The SMILES string of the molecule is C[C@H]1CN(c2cccc(-c3csc(NC(=O)CNC(=O)c4ccn(C=O)c4)n3)c2)C[C@H](C)O1. The number of morpholine rings is 1. The van der Waals surface area contributed by atoms with Crippen LogP contribution >= 0.6 is 11.3 Å². The van der Waals surface area contributed by atoms with E-state index in [0.717, 1.165) is 30.0 Å². The summed E-state index contributed by atoms with van der Waals surface area (Å²) in [4.78, 5) is 41.8. The summed E-state index contributed by atoms with van der Waals surface area (Å²) in [5.74, 6) is -0.821. The summed E-state index contributed by atoms with van der Waals surface area (Å²) < 4.78 is 7.05. The first-order valence-corrected chi connectivity index (χ1v) is 11.5. The number of rotatable bonds is 7. The Kier molecular flexibility index (Phi) is 6.85. The molecule has 1 aliphatic rings. The van der Waals surface area contributed by atoms with Gasteiger partial charge in [-0.25, -0.2) is 4.98 Å². The highest BCUT2D eigenvalue weighted by Crippen LogP contribution is 2.29. The standard InChI is InChI=1S/C23H25N5O4S/c1-15-10-28(11-16(2)32-15)19-5-3-4-17(8-19)20-13-33-23(25-20)26-21(30)9-24-22(31)18-6-7-27(12-18)14-29/h3-8,12-16H,9-11H2,1-2H3,(H,24,31)(H,25,26,30)/t15-,16-/m0/s1. The zero-order valence-corrected chi connectivity index (χ0v) is 19.2. The number of nitrogens with one attached hydrogen (secondary N) is 2. The van der Waals surface area contributed by atoms with Gasteiger partial charge in [0.2, 0.25) is 12.3 Å². The molecule has 2 aromatic heterocycles. The van der Waals surface area contributed by atoms with E-state index >= 15 is 0 Å². The molecule has 1 fully saturated rings. The fraction of sp³-hybridized carbons (Fsp3) is 0.304. The second-order valence-electron chi connectivity index (χ2n) is 7.93. The number of hydrogen-bond donors (Lipinski definition) is 2. The average Bonchev–Trinajstić information content (AvgIpc) is 3.47. The van der Waals surface area contributed by atoms with Gasteiger partial charge in [0.15, 0.2) is 5.13 Å². The molecule has 2 atom stereocenters. The first-order valence-electron chi connectivity index (χ1n) is 10.6. The van der Waals surface area contributed by atoms with E-state index in [0.29, 0.717) is 17.1 Å². The molecule has 9 nitrogen and oxygen atoms in total. The van der Waals surface area contributed by atoms with Crippen molar-refractivity contribution in [2.45, 2.75) is 26.1 Å². The number of nitrogens with zero attached hydrogens (tertiary/aromatic N) is 3. The Hall–Kier alpha value is -3.50. The van der Waals surface area contributed by atoms with E-state index in [1.165, 1.54) is 34.4 Å². The van der Waals surface area contributed by atoms with E-state index in [1.54, 1.807) is 0 Å². The van der Waals surface area contributed by atoms with Gasteiger partial charge in [-0.15, -0.1) is 11.3 Å². The van der Waals surface area contributed by atoms with Gasteiger partial charge in [-0.05, 0) is 32.0 Å². The maximum Gasteiger partial charge on any atom is 0.253 e. The Morgan fingerprint density at radius 2 is 2.03 bits per heavy atom. The predicted molar refractivity (Wildman–Crippen MR) is 127 cm³/mol. The van der Waals surface area contributed by atoms with Crippen LogP contribution < -0.4 is 15.5 Å². The second kappa shape index (κ2) is 9.97. The van der Waals surface area contributed by atoms with Crippen LogP contribution in [0.5, 0.6) is 0 Å². The van der Waals surface area contributed by atoms with Crippen LogP contribution in [0.1, 0.15) is 24.2 Å². The van der Waals surface area contributed by atoms with E-state index in [-0.39, 0.29) is 24.7 Å². The van der Waals surface area contributed by atoms with Crippen molar-refractivity contribution in [3.8, 4) is 11.3 Å². The lowest BCUT2D eigenvalue weighted by Crippen LogP contribution is -2.45. The fourth-order valence-electron chi connectivity index (χ4n) is 3.75. The lowest BCUT2D eigenvalue weighted by Gasteiger charge is -2.37. The van der Waals surface area contributed by atoms with Crippen molar-refractivity contribution in [2.24, 2.45) is 0 Å². The number of carbonyl (C=O) groups is 3. The van der Waals surface area contributed by atoms with E-state index in [4.69, 9.17) is 4.74 Å². The van der Waals surface area contributed by atoms with E-state index in [9.17, 15) is 14.4 Å². The minimum absolute atomic E-state index is 0.170. The van der Waals surface area contributed by atoms with Crippen molar-refractivity contribution >= 4 is 40.4 Å². The zero-order chi connectivity index (χ0) is 23.4. The Balaban J connectivity index is 1.35. The molecular weight excluding hydrogens is 442 g/mol. The van der Waals surface area contributed by atoms with Gasteiger partial charge in [0, 0.05) is 42.1 Å². The van der Waals surface area contributed by atoms with Gasteiger partial charge in [0.1, 0.15) is 0 Å². The molecule has 0 bridgehead atoms. The lowest BCUT2D eigenvalue weighted by molar-refractivity contribution is -0.115. The molecule has 0 unspecified atom stereocenters. The van der Waals surface area contributed by atoms with Gasteiger partial charge < -0.3 is 20.3 Å². The van der Waals surface area contributed by atoms with Crippen LogP contribution in [0, 0.1) is 0 Å². The molecule has 172 valence electrons. The maximum atomic E-state index is 12.2. The van der Waals surface area contributed by atoms with Crippen LogP contribution in [0.3, 0.4) is 0 Å². The molecular formula is C23H25N5O4S. The van der Waals surface area contributed by atoms with E-state index in [1.807, 2.05) is 17.5 Å². The van der Waals surface area contributed by atoms with Crippen molar-refractivity contribution in [3.05, 3.63) is 53.7 Å². The minimum Gasteiger partial charge on any atom is -0.372 e. The molecule has 3 heterocycles. The number of thiazole rings is 1. The zero-order valence-electron chi connectivity index (χ0n) is 18.4. The molecule has 1 saturated heterocycles. The second-order valence-corrected chi connectivity index (χ2v) is 8.79. The van der Waals surface area contributed by atoms with Crippen LogP contribution in [0.15, 0.2) is 48.1 Å². The normalized spacial score (nSPS) is 18.1. The summed E-state index contributed by atoms with van der Waals surface area (Å²) in [6.07, 6.45) is 3.78. The first-order chi connectivity index (χ1) is 15.9. The van der Waals surface area contributed by atoms with Crippen LogP contribution in [0.4, 0.5) is 10.8 Å². The molecule has 2 amide bonds. The van der Waals surface area contributed by atoms with Gasteiger partial charge in [-0.1, -0.05) is 12.1 Å². The molecule has 0 radical (unpaired) electrons. The molecule has 1 aliphatic heterocycles. The number of anilines is 2. The number of hydrogen-bond acceptors (Lipinski definition) is 7. The Bertz CT molecular complexity index is 1150. The summed E-state index contributed by atoms with van der Waals surface area (Å²) in [7, 11) is 0. The smallest absolute Gasteiger partial charge is 0.253 e. The van der Waals surface area contributed by atoms with Crippen molar-refractivity contribution in [3.63, 3.8) is 0 Å². The van der Waals surface area contributed by atoms with Crippen LogP contribution in [0.2, 0.25) is 0 Å². The van der Waals surface area contributed by atoms with Crippen molar-refractivity contribution < 1.29 is 19.1 Å². The van der Waals surface area contributed by atoms with Crippen molar-refractivity contribution in [1.82, 2.24) is 14.9 Å². The quantitative estimate of drug-likeness (QED) is 0.518. The highest BCUT2D eigenvalue weighted by molar-refractivity contribution is 7.14. The maximum absolute atomic E-state index is 12.2. The highest BCUT2D eigenvalue weighted by Gasteiger charge is 2.22. The molecule has 33 heavy (non-hydrogen) atoms. The summed E-state index contributed by atoms with van der Waals surface area (Å²) in [6.45, 7) is 5.61. The van der Waals surface area contributed by atoms with Gasteiger partial charge >= 0.3 is 0 Å². The topological polar surface area (TPSA) is 106 Å². The van der Waals surface area contributed by atoms with Gasteiger partial charge in [-0.3, -0.25) is 19.0 Å². The van der Waals surface area contributed by atoms with Crippen molar-refractivity contribution in [1.29, 1.82) is 0 Å². The number of amides is 2. The highest BCUT2D eigenvalue weighted by atomic mass is 32.1. The number of benzene rings is 1. The monoisotopic (exact) mass is 467 g/mol. The Morgan fingerprint density at radius 1 is 1.24 bits per heavy atom. The van der Waals surface area contributed by atoms with E-state index in [2.05, 4.69) is 46.5 Å².